The molecular weight excluding hydrogens is 230 g/mol. The van der Waals surface area contributed by atoms with Crippen LogP contribution in [0.5, 0.6) is 0 Å². The van der Waals surface area contributed by atoms with Crippen molar-refractivity contribution in [3.63, 3.8) is 0 Å². The first-order valence-electron chi connectivity index (χ1n) is 6.24. The van der Waals surface area contributed by atoms with E-state index in [2.05, 4.69) is 11.4 Å². The fourth-order valence-corrected chi connectivity index (χ4v) is 2.55. The highest BCUT2D eigenvalue weighted by molar-refractivity contribution is 6.31. The second-order valence-electron chi connectivity index (χ2n) is 4.69. The lowest BCUT2D eigenvalue weighted by Crippen LogP contribution is -2.33. The number of aryl methyl sites for hydroxylation is 1. The van der Waals surface area contributed by atoms with Crippen molar-refractivity contribution in [3.8, 4) is 0 Å². The van der Waals surface area contributed by atoms with Crippen molar-refractivity contribution < 1.29 is 14.7 Å². The van der Waals surface area contributed by atoms with E-state index in [0.29, 0.717) is 0 Å². The minimum Gasteiger partial charge on any atom is -0.474 e. The smallest absolute Gasteiger partial charge is 0.394 e. The van der Waals surface area contributed by atoms with Crippen LogP contribution in [0.15, 0.2) is 18.2 Å². The van der Waals surface area contributed by atoms with Gasteiger partial charge in [-0.3, -0.25) is 4.79 Å². The zero-order valence-electron chi connectivity index (χ0n) is 10.4. The molecule has 4 nitrogen and oxygen atoms in total. The highest BCUT2D eigenvalue weighted by atomic mass is 16.4. The molecule has 0 saturated carbocycles. The molecule has 1 aliphatic carbocycles. The Hall–Kier alpha value is -1.84. The summed E-state index contributed by atoms with van der Waals surface area (Å²) >= 11 is 0. The third-order valence-electron chi connectivity index (χ3n) is 3.44. The number of benzene rings is 1. The zero-order valence-corrected chi connectivity index (χ0v) is 10.4. The van der Waals surface area contributed by atoms with Gasteiger partial charge in [0.1, 0.15) is 0 Å². The van der Waals surface area contributed by atoms with E-state index in [1.807, 2.05) is 19.1 Å². The molecule has 4 heteroatoms. The number of nitrogens with one attached hydrogen (secondary N) is 1. The molecule has 1 unspecified atom stereocenters. The van der Waals surface area contributed by atoms with Crippen LogP contribution in [-0.2, 0) is 22.4 Å². The van der Waals surface area contributed by atoms with Crippen molar-refractivity contribution in [3.05, 3.63) is 34.9 Å². The van der Waals surface area contributed by atoms with Crippen LogP contribution in [-0.4, -0.2) is 17.0 Å². The molecule has 1 aliphatic rings. The van der Waals surface area contributed by atoms with Crippen LogP contribution in [0.4, 0.5) is 0 Å². The normalized spacial score (nSPS) is 15.6. The van der Waals surface area contributed by atoms with Gasteiger partial charge in [0.15, 0.2) is 0 Å². The molecule has 0 radical (unpaired) electrons. The number of hydrogen-bond acceptors (Lipinski definition) is 2. The maximum atomic E-state index is 11.2. The van der Waals surface area contributed by atoms with Crippen LogP contribution < -0.4 is 5.32 Å². The van der Waals surface area contributed by atoms with Gasteiger partial charge in [-0.25, -0.2) is 4.79 Å². The summed E-state index contributed by atoms with van der Waals surface area (Å²) in [7, 11) is 0. The number of carboxylic acid groups (broad SMARTS) is 1. The molecular formula is C14H17NO3. The van der Waals surface area contributed by atoms with Crippen molar-refractivity contribution in [1.82, 2.24) is 5.32 Å². The summed E-state index contributed by atoms with van der Waals surface area (Å²) in [5, 5.41) is 11.1. The first kappa shape index (κ1) is 12.6. The summed E-state index contributed by atoms with van der Waals surface area (Å²) < 4.78 is 0. The van der Waals surface area contributed by atoms with Crippen LogP contribution >= 0.6 is 0 Å². The molecule has 0 fully saturated rings. The molecule has 0 bridgehead atoms. The first-order valence-corrected chi connectivity index (χ1v) is 6.24. The number of fused-ring (bicyclic) bond motifs is 1. The number of carbonyl (C=O) groups is 2. The molecule has 0 saturated heterocycles. The van der Waals surface area contributed by atoms with Crippen LogP contribution in [0.25, 0.3) is 0 Å². The van der Waals surface area contributed by atoms with E-state index >= 15 is 0 Å². The minimum atomic E-state index is -1.44. The molecule has 0 spiro atoms. The van der Waals surface area contributed by atoms with Crippen LogP contribution in [0.1, 0.15) is 42.5 Å². The van der Waals surface area contributed by atoms with Crippen LogP contribution in [0.3, 0.4) is 0 Å². The zero-order chi connectivity index (χ0) is 13.1. The van der Waals surface area contributed by atoms with Gasteiger partial charge in [-0.2, -0.15) is 0 Å². The van der Waals surface area contributed by atoms with Crippen molar-refractivity contribution in [2.24, 2.45) is 0 Å². The Kier molecular flexibility index (Phi) is 3.65. The molecule has 2 rings (SSSR count). The highest BCUT2D eigenvalue weighted by Gasteiger charge is 2.20. The summed E-state index contributed by atoms with van der Waals surface area (Å²) in [6.45, 7) is 1.82. The van der Waals surface area contributed by atoms with Gasteiger partial charge in [0.05, 0.1) is 6.04 Å². The van der Waals surface area contributed by atoms with E-state index in [9.17, 15) is 9.59 Å². The maximum absolute atomic E-state index is 11.2. The topological polar surface area (TPSA) is 66.4 Å². The summed E-state index contributed by atoms with van der Waals surface area (Å²) in [4.78, 5) is 21.7. The molecule has 18 heavy (non-hydrogen) atoms. The van der Waals surface area contributed by atoms with Gasteiger partial charge in [-0.1, -0.05) is 18.2 Å². The van der Waals surface area contributed by atoms with E-state index < -0.39 is 11.9 Å². The molecule has 0 aromatic heterocycles. The average Bonchev–Trinajstić information content (AvgIpc) is 2.37. The number of rotatable bonds is 2. The predicted molar refractivity (Wildman–Crippen MR) is 67.3 cm³/mol. The van der Waals surface area contributed by atoms with Gasteiger partial charge in [-0.05, 0) is 49.3 Å². The number of amides is 1. The Morgan fingerprint density at radius 2 is 2.00 bits per heavy atom. The van der Waals surface area contributed by atoms with Crippen molar-refractivity contribution >= 4 is 11.9 Å². The van der Waals surface area contributed by atoms with Gasteiger partial charge in [0.25, 0.3) is 0 Å². The lowest BCUT2D eigenvalue weighted by atomic mass is 9.86. The molecule has 1 atom stereocenters. The van der Waals surface area contributed by atoms with Gasteiger partial charge in [0, 0.05) is 0 Å². The predicted octanol–water partition coefficient (Wildman–Crippen LogP) is 1.83. The average molecular weight is 247 g/mol. The van der Waals surface area contributed by atoms with E-state index in [0.717, 1.165) is 24.8 Å². The fraction of sp³-hybridized carbons (Fsp3) is 0.429. The summed E-state index contributed by atoms with van der Waals surface area (Å²) in [6, 6.07) is 5.80. The maximum Gasteiger partial charge on any atom is 0.394 e. The Labute approximate surface area is 106 Å². The molecule has 0 aliphatic heterocycles. The Morgan fingerprint density at radius 1 is 1.28 bits per heavy atom. The lowest BCUT2D eigenvalue weighted by molar-refractivity contribution is -0.150. The fourth-order valence-electron chi connectivity index (χ4n) is 2.55. The molecule has 1 aromatic rings. The SMILES string of the molecule is CC(NC(=O)C(=O)O)c1cccc2c1CCCC2. The largest absolute Gasteiger partial charge is 0.474 e. The summed E-state index contributed by atoms with van der Waals surface area (Å²) in [5.74, 6) is -2.39. The number of carboxylic acids is 1. The third-order valence-corrected chi connectivity index (χ3v) is 3.44. The van der Waals surface area contributed by atoms with Crippen molar-refractivity contribution in [2.75, 3.05) is 0 Å². The van der Waals surface area contributed by atoms with E-state index in [4.69, 9.17) is 5.11 Å². The van der Waals surface area contributed by atoms with E-state index in [1.54, 1.807) is 0 Å². The highest BCUT2D eigenvalue weighted by Crippen LogP contribution is 2.28. The molecule has 2 N–H and O–H groups in total. The van der Waals surface area contributed by atoms with Crippen molar-refractivity contribution in [1.29, 1.82) is 0 Å². The van der Waals surface area contributed by atoms with E-state index in [1.165, 1.54) is 17.5 Å². The molecule has 1 aromatic carbocycles. The van der Waals surface area contributed by atoms with Gasteiger partial charge < -0.3 is 10.4 Å². The minimum absolute atomic E-state index is 0.262. The second-order valence-corrected chi connectivity index (χ2v) is 4.69. The van der Waals surface area contributed by atoms with Crippen molar-refractivity contribution in [2.45, 2.75) is 38.6 Å². The van der Waals surface area contributed by atoms with Crippen LogP contribution in [0.2, 0.25) is 0 Å². The second kappa shape index (κ2) is 5.21. The summed E-state index contributed by atoms with van der Waals surface area (Å²) in [5.41, 5.74) is 3.65. The molecule has 96 valence electrons. The van der Waals surface area contributed by atoms with E-state index in [-0.39, 0.29) is 6.04 Å². The quantitative estimate of drug-likeness (QED) is 0.783. The standard InChI is InChI=1S/C14H17NO3/c1-9(15-13(16)14(17)18)11-8-4-6-10-5-2-3-7-12(10)11/h4,6,8-9H,2-3,5,7H2,1H3,(H,15,16)(H,17,18). The lowest BCUT2D eigenvalue weighted by Gasteiger charge is -2.23. The Balaban J connectivity index is 2.22. The Bertz CT molecular complexity index is 482. The van der Waals surface area contributed by atoms with Gasteiger partial charge >= 0.3 is 11.9 Å². The monoisotopic (exact) mass is 247 g/mol. The van der Waals surface area contributed by atoms with Crippen LogP contribution in [0, 0.1) is 0 Å². The molecule has 1 amide bonds. The first-order chi connectivity index (χ1) is 8.59. The number of carbonyl (C=O) groups excluding carboxylic acids is 1. The molecule has 0 heterocycles. The van der Waals surface area contributed by atoms with Gasteiger partial charge in [-0.15, -0.1) is 0 Å². The number of hydrogen-bond donors (Lipinski definition) is 2. The third kappa shape index (κ3) is 2.53. The van der Waals surface area contributed by atoms with Gasteiger partial charge in [0.2, 0.25) is 0 Å². The number of aliphatic carboxylic acids is 1. The Morgan fingerprint density at radius 3 is 2.72 bits per heavy atom. The summed E-state index contributed by atoms with van der Waals surface area (Å²) in [6.07, 6.45) is 4.44.